The van der Waals surface area contributed by atoms with Crippen molar-refractivity contribution >= 4 is 0 Å². The van der Waals surface area contributed by atoms with E-state index in [0.717, 1.165) is 31.4 Å². The third kappa shape index (κ3) is 2.16. The first-order chi connectivity index (χ1) is 9.08. The fraction of sp³-hybridized carbons (Fsp3) is 0.615. The molecular formula is C13H19N5O. The zero-order valence-corrected chi connectivity index (χ0v) is 11.4. The largest absolute Gasteiger partial charge is 0.332 e. The van der Waals surface area contributed by atoms with E-state index in [2.05, 4.69) is 15.2 Å². The fourth-order valence-electron chi connectivity index (χ4n) is 2.60. The van der Waals surface area contributed by atoms with Crippen LogP contribution < -0.4 is 5.73 Å². The topological polar surface area (TPSA) is 82.8 Å². The summed E-state index contributed by atoms with van der Waals surface area (Å²) in [4.78, 5) is 4.45. The van der Waals surface area contributed by atoms with Gasteiger partial charge in [0.25, 0.3) is 5.89 Å². The van der Waals surface area contributed by atoms with Crippen molar-refractivity contribution < 1.29 is 4.52 Å². The molecule has 2 aromatic rings. The molecule has 1 aliphatic carbocycles. The van der Waals surface area contributed by atoms with Gasteiger partial charge in [-0.15, -0.1) is 0 Å². The summed E-state index contributed by atoms with van der Waals surface area (Å²) in [5.41, 5.74) is 7.73. The quantitative estimate of drug-likeness (QED) is 0.892. The van der Waals surface area contributed by atoms with E-state index in [1.54, 1.807) is 4.68 Å². The van der Waals surface area contributed by atoms with Crippen molar-refractivity contribution in [2.75, 3.05) is 0 Å². The van der Waals surface area contributed by atoms with E-state index in [1.807, 2.05) is 20.0 Å². The van der Waals surface area contributed by atoms with Gasteiger partial charge < -0.3 is 10.3 Å². The van der Waals surface area contributed by atoms with Gasteiger partial charge in [0, 0.05) is 12.7 Å². The van der Waals surface area contributed by atoms with Crippen LogP contribution in [-0.4, -0.2) is 19.9 Å². The van der Waals surface area contributed by atoms with Crippen molar-refractivity contribution in [3.63, 3.8) is 0 Å². The second-order valence-electron chi connectivity index (χ2n) is 5.43. The minimum Gasteiger partial charge on any atom is -0.332 e. The highest BCUT2D eigenvalue weighted by Crippen LogP contribution is 2.33. The second-order valence-corrected chi connectivity index (χ2v) is 5.43. The Morgan fingerprint density at radius 2 is 2.05 bits per heavy atom. The molecule has 102 valence electrons. The molecule has 3 rings (SSSR count). The van der Waals surface area contributed by atoms with E-state index in [4.69, 9.17) is 10.3 Å². The molecule has 6 nitrogen and oxygen atoms in total. The van der Waals surface area contributed by atoms with E-state index >= 15 is 0 Å². The zero-order valence-electron chi connectivity index (χ0n) is 11.4. The molecule has 6 heteroatoms. The molecule has 2 N–H and O–H groups in total. The first kappa shape index (κ1) is 12.3. The van der Waals surface area contributed by atoms with Crippen LogP contribution in [0.4, 0.5) is 0 Å². The summed E-state index contributed by atoms with van der Waals surface area (Å²) in [7, 11) is 1.89. The molecule has 2 aromatic heterocycles. The van der Waals surface area contributed by atoms with Crippen LogP contribution in [0, 0.1) is 6.92 Å². The first-order valence-corrected chi connectivity index (χ1v) is 6.73. The van der Waals surface area contributed by atoms with Gasteiger partial charge in [0.1, 0.15) is 0 Å². The summed E-state index contributed by atoms with van der Waals surface area (Å²) in [6.45, 7) is 1.99. The molecule has 0 bridgehead atoms. The summed E-state index contributed by atoms with van der Waals surface area (Å²) in [6, 6.07) is 1.93. The van der Waals surface area contributed by atoms with Gasteiger partial charge in [-0.05, 0) is 25.8 Å². The summed E-state index contributed by atoms with van der Waals surface area (Å²) < 4.78 is 7.11. The number of rotatable bonds is 2. The number of hydrogen-bond donors (Lipinski definition) is 1. The maximum absolute atomic E-state index is 6.40. The molecule has 1 saturated carbocycles. The van der Waals surface area contributed by atoms with Crippen LogP contribution in [0.25, 0.3) is 11.6 Å². The molecular weight excluding hydrogens is 242 g/mol. The van der Waals surface area contributed by atoms with E-state index in [9.17, 15) is 0 Å². The molecule has 2 heterocycles. The van der Waals surface area contributed by atoms with Crippen molar-refractivity contribution in [1.29, 1.82) is 0 Å². The van der Waals surface area contributed by atoms with Crippen LogP contribution in [-0.2, 0) is 12.6 Å². The standard InChI is InChI=1S/C13H19N5O/c1-9-8-10(16-18(9)2)11-15-12(17-19-11)13(14)6-4-3-5-7-13/h8H,3-7,14H2,1-2H3. The summed E-state index contributed by atoms with van der Waals surface area (Å²) >= 11 is 0. The highest BCUT2D eigenvalue weighted by atomic mass is 16.5. The molecule has 0 amide bonds. The number of aromatic nitrogens is 4. The predicted octanol–water partition coefficient (Wildman–Crippen LogP) is 1.90. The van der Waals surface area contributed by atoms with E-state index in [-0.39, 0.29) is 0 Å². The molecule has 19 heavy (non-hydrogen) atoms. The van der Waals surface area contributed by atoms with Gasteiger partial charge in [-0.3, -0.25) is 4.68 Å². The van der Waals surface area contributed by atoms with Gasteiger partial charge in [-0.1, -0.05) is 24.4 Å². The summed E-state index contributed by atoms with van der Waals surface area (Å²) in [6.07, 6.45) is 5.34. The maximum atomic E-state index is 6.40. The molecule has 0 saturated heterocycles. The minimum atomic E-state index is -0.427. The number of nitrogens with zero attached hydrogens (tertiary/aromatic N) is 4. The lowest BCUT2D eigenvalue weighted by molar-refractivity contribution is 0.275. The van der Waals surface area contributed by atoms with Crippen molar-refractivity contribution in [3.05, 3.63) is 17.6 Å². The molecule has 0 unspecified atom stereocenters. The number of hydrogen-bond acceptors (Lipinski definition) is 5. The Kier molecular flexibility index (Phi) is 2.89. The van der Waals surface area contributed by atoms with Gasteiger partial charge in [0.15, 0.2) is 11.5 Å². The van der Waals surface area contributed by atoms with Crippen LogP contribution >= 0.6 is 0 Å². The number of aryl methyl sites for hydroxylation is 2. The monoisotopic (exact) mass is 261 g/mol. The van der Waals surface area contributed by atoms with Gasteiger partial charge in [-0.25, -0.2) is 0 Å². The van der Waals surface area contributed by atoms with Crippen LogP contribution in [0.15, 0.2) is 10.6 Å². The predicted molar refractivity (Wildman–Crippen MR) is 70.2 cm³/mol. The summed E-state index contributed by atoms with van der Waals surface area (Å²) in [5.74, 6) is 1.07. The average molecular weight is 261 g/mol. The molecule has 1 fully saturated rings. The highest BCUT2D eigenvalue weighted by molar-refractivity contribution is 5.47. The Morgan fingerprint density at radius 3 is 2.68 bits per heavy atom. The van der Waals surface area contributed by atoms with Crippen molar-refractivity contribution in [3.8, 4) is 11.6 Å². The molecule has 0 radical (unpaired) electrons. The molecule has 0 atom stereocenters. The van der Waals surface area contributed by atoms with Crippen LogP contribution in [0.1, 0.15) is 43.6 Å². The van der Waals surface area contributed by atoms with Crippen LogP contribution in [0.5, 0.6) is 0 Å². The molecule has 1 aliphatic rings. The zero-order chi connectivity index (χ0) is 13.5. The van der Waals surface area contributed by atoms with Crippen molar-refractivity contribution in [2.24, 2.45) is 12.8 Å². The Hall–Kier alpha value is -1.69. The third-order valence-corrected chi connectivity index (χ3v) is 3.95. The highest BCUT2D eigenvalue weighted by Gasteiger charge is 2.34. The lowest BCUT2D eigenvalue weighted by atomic mass is 9.82. The van der Waals surface area contributed by atoms with Gasteiger partial charge >= 0.3 is 0 Å². The summed E-state index contributed by atoms with van der Waals surface area (Å²) in [5, 5.41) is 8.41. The molecule has 0 aliphatic heterocycles. The Labute approximate surface area is 112 Å². The fourth-order valence-corrected chi connectivity index (χ4v) is 2.60. The lowest BCUT2D eigenvalue weighted by Crippen LogP contribution is -2.39. The van der Waals surface area contributed by atoms with Crippen LogP contribution in [0.2, 0.25) is 0 Å². The molecule has 0 aromatic carbocycles. The lowest BCUT2D eigenvalue weighted by Gasteiger charge is -2.29. The molecule has 0 spiro atoms. The van der Waals surface area contributed by atoms with Crippen molar-refractivity contribution in [1.82, 2.24) is 19.9 Å². The van der Waals surface area contributed by atoms with Crippen LogP contribution in [0.3, 0.4) is 0 Å². The SMILES string of the molecule is Cc1cc(-c2nc(C3(N)CCCCC3)no2)nn1C. The Balaban J connectivity index is 1.90. The Bertz CT molecular complexity index is 560. The second kappa shape index (κ2) is 4.45. The minimum absolute atomic E-state index is 0.427. The first-order valence-electron chi connectivity index (χ1n) is 6.73. The third-order valence-electron chi connectivity index (χ3n) is 3.95. The van der Waals surface area contributed by atoms with Gasteiger partial charge in [0.05, 0.1) is 5.54 Å². The Morgan fingerprint density at radius 1 is 1.32 bits per heavy atom. The maximum Gasteiger partial charge on any atom is 0.278 e. The number of nitrogens with two attached hydrogens (primary N) is 1. The van der Waals surface area contributed by atoms with Crippen molar-refractivity contribution in [2.45, 2.75) is 44.6 Å². The van der Waals surface area contributed by atoms with Gasteiger partial charge in [0.2, 0.25) is 0 Å². The van der Waals surface area contributed by atoms with E-state index in [0.29, 0.717) is 17.4 Å². The average Bonchev–Trinajstić information content (AvgIpc) is 2.99. The van der Waals surface area contributed by atoms with E-state index in [1.165, 1.54) is 6.42 Å². The smallest absolute Gasteiger partial charge is 0.278 e. The van der Waals surface area contributed by atoms with E-state index < -0.39 is 5.54 Å². The normalized spacial score (nSPS) is 18.7. The van der Waals surface area contributed by atoms with Gasteiger partial charge in [-0.2, -0.15) is 10.1 Å².